The van der Waals surface area contributed by atoms with Crippen molar-refractivity contribution in [1.82, 2.24) is 4.98 Å². The number of carbonyl (C=O) groups is 1. The number of amides is 1. The van der Waals surface area contributed by atoms with Crippen molar-refractivity contribution in [3.8, 4) is 5.75 Å². The van der Waals surface area contributed by atoms with Crippen LogP contribution in [0.2, 0.25) is 0 Å². The second kappa shape index (κ2) is 5.63. The Morgan fingerprint density at radius 1 is 1.17 bits per heavy atom. The Morgan fingerprint density at radius 2 is 1.94 bits per heavy atom. The molecule has 2 aromatic rings. The van der Waals surface area contributed by atoms with Gasteiger partial charge in [0.2, 0.25) is 0 Å². The van der Waals surface area contributed by atoms with Crippen LogP contribution in [0.3, 0.4) is 0 Å². The molecule has 0 unspecified atom stereocenters. The summed E-state index contributed by atoms with van der Waals surface area (Å²) in [6, 6.07) is 12.8. The Labute approximate surface area is 105 Å². The molecule has 4 heteroatoms. The molecule has 0 aliphatic heterocycles. The zero-order valence-corrected chi connectivity index (χ0v) is 9.61. The fourth-order valence-corrected chi connectivity index (χ4v) is 1.39. The van der Waals surface area contributed by atoms with E-state index in [-0.39, 0.29) is 5.76 Å². The quantitative estimate of drug-likeness (QED) is 0.656. The molecule has 1 heterocycles. The van der Waals surface area contributed by atoms with E-state index < -0.39 is 5.91 Å². The second-order valence-electron chi connectivity index (χ2n) is 3.57. The Balaban J connectivity index is 2.25. The SMILES string of the molecule is NC(=O)/C(=C\c1ccccc1)Oc1cccnc1. The first kappa shape index (κ1) is 11.9. The summed E-state index contributed by atoms with van der Waals surface area (Å²) in [6.45, 7) is 0. The van der Waals surface area contributed by atoms with Crippen molar-refractivity contribution in [1.29, 1.82) is 0 Å². The van der Waals surface area contributed by atoms with Gasteiger partial charge in [0.25, 0.3) is 5.91 Å². The third kappa shape index (κ3) is 3.18. The van der Waals surface area contributed by atoms with Gasteiger partial charge in [0.15, 0.2) is 5.76 Å². The lowest BCUT2D eigenvalue weighted by atomic mass is 10.2. The number of carbonyl (C=O) groups excluding carboxylic acids is 1. The van der Waals surface area contributed by atoms with Crippen LogP contribution in [0.5, 0.6) is 5.75 Å². The van der Waals surface area contributed by atoms with E-state index in [1.807, 2.05) is 30.3 Å². The van der Waals surface area contributed by atoms with E-state index in [0.29, 0.717) is 5.75 Å². The molecule has 0 atom stereocenters. The van der Waals surface area contributed by atoms with E-state index in [1.54, 1.807) is 24.4 Å². The number of hydrogen-bond donors (Lipinski definition) is 1. The summed E-state index contributed by atoms with van der Waals surface area (Å²) in [5, 5.41) is 0. The van der Waals surface area contributed by atoms with Gasteiger partial charge in [-0.25, -0.2) is 0 Å². The van der Waals surface area contributed by atoms with Gasteiger partial charge in [-0.2, -0.15) is 0 Å². The van der Waals surface area contributed by atoms with E-state index in [2.05, 4.69) is 4.98 Å². The van der Waals surface area contributed by atoms with E-state index in [4.69, 9.17) is 10.5 Å². The van der Waals surface area contributed by atoms with Crippen molar-refractivity contribution in [2.45, 2.75) is 0 Å². The highest BCUT2D eigenvalue weighted by molar-refractivity contribution is 5.94. The Bertz CT molecular complexity index is 551. The van der Waals surface area contributed by atoms with E-state index in [9.17, 15) is 4.79 Å². The summed E-state index contributed by atoms with van der Waals surface area (Å²) in [6.07, 6.45) is 4.73. The minimum atomic E-state index is -0.622. The Hall–Kier alpha value is -2.62. The van der Waals surface area contributed by atoms with Gasteiger partial charge in [0.1, 0.15) is 5.75 Å². The zero-order valence-electron chi connectivity index (χ0n) is 9.61. The monoisotopic (exact) mass is 240 g/mol. The maximum atomic E-state index is 11.3. The number of nitrogens with zero attached hydrogens (tertiary/aromatic N) is 1. The smallest absolute Gasteiger partial charge is 0.284 e. The molecule has 1 aromatic carbocycles. The van der Waals surface area contributed by atoms with E-state index in [1.165, 1.54) is 6.20 Å². The van der Waals surface area contributed by atoms with Crippen molar-refractivity contribution >= 4 is 12.0 Å². The van der Waals surface area contributed by atoms with Crippen LogP contribution < -0.4 is 10.5 Å². The minimum absolute atomic E-state index is 0.0780. The highest BCUT2D eigenvalue weighted by Crippen LogP contribution is 2.13. The fourth-order valence-electron chi connectivity index (χ4n) is 1.39. The Kier molecular flexibility index (Phi) is 3.71. The zero-order chi connectivity index (χ0) is 12.8. The molecule has 18 heavy (non-hydrogen) atoms. The molecule has 0 fully saturated rings. The molecule has 1 amide bonds. The van der Waals surface area contributed by atoms with Crippen LogP contribution in [0, 0.1) is 0 Å². The summed E-state index contributed by atoms with van der Waals surface area (Å²) >= 11 is 0. The lowest BCUT2D eigenvalue weighted by Gasteiger charge is -2.06. The highest BCUT2D eigenvalue weighted by atomic mass is 16.5. The number of hydrogen-bond acceptors (Lipinski definition) is 3. The maximum Gasteiger partial charge on any atom is 0.284 e. The molecule has 0 aliphatic rings. The number of nitrogens with two attached hydrogens (primary N) is 1. The standard InChI is InChI=1S/C14H12N2O2/c15-14(17)13(9-11-5-2-1-3-6-11)18-12-7-4-8-16-10-12/h1-10H,(H2,15,17)/b13-9+. The molecule has 90 valence electrons. The van der Waals surface area contributed by atoms with Gasteiger partial charge >= 0.3 is 0 Å². The van der Waals surface area contributed by atoms with Gasteiger partial charge in [0.05, 0.1) is 6.20 Å². The predicted molar refractivity (Wildman–Crippen MR) is 68.5 cm³/mol. The van der Waals surface area contributed by atoms with Crippen LogP contribution in [0.4, 0.5) is 0 Å². The van der Waals surface area contributed by atoms with Gasteiger partial charge in [-0.05, 0) is 23.8 Å². The summed E-state index contributed by atoms with van der Waals surface area (Å²) < 4.78 is 5.40. The molecule has 0 saturated carbocycles. The highest BCUT2D eigenvalue weighted by Gasteiger charge is 2.07. The van der Waals surface area contributed by atoms with Crippen LogP contribution in [0.15, 0.2) is 60.6 Å². The van der Waals surface area contributed by atoms with Gasteiger partial charge in [-0.1, -0.05) is 30.3 Å². The fraction of sp³-hybridized carbons (Fsp3) is 0. The van der Waals surface area contributed by atoms with Crippen molar-refractivity contribution in [3.05, 3.63) is 66.2 Å². The van der Waals surface area contributed by atoms with Crippen LogP contribution >= 0.6 is 0 Å². The lowest BCUT2D eigenvalue weighted by molar-refractivity contribution is -0.116. The van der Waals surface area contributed by atoms with Crippen molar-refractivity contribution in [2.24, 2.45) is 5.73 Å². The number of aromatic nitrogens is 1. The third-order valence-electron chi connectivity index (χ3n) is 2.20. The number of primary amides is 1. The van der Waals surface area contributed by atoms with E-state index in [0.717, 1.165) is 5.56 Å². The maximum absolute atomic E-state index is 11.3. The van der Waals surface area contributed by atoms with E-state index >= 15 is 0 Å². The molecule has 0 bridgehead atoms. The predicted octanol–water partition coefficient (Wildman–Crippen LogP) is 1.99. The van der Waals surface area contributed by atoms with Crippen molar-refractivity contribution in [2.75, 3.05) is 0 Å². The van der Waals surface area contributed by atoms with Crippen LogP contribution in [0.1, 0.15) is 5.56 Å². The second-order valence-corrected chi connectivity index (χ2v) is 3.57. The topological polar surface area (TPSA) is 65.2 Å². The third-order valence-corrected chi connectivity index (χ3v) is 2.20. The number of rotatable bonds is 4. The first-order valence-electron chi connectivity index (χ1n) is 5.40. The molecule has 0 saturated heterocycles. The molecule has 1 aromatic heterocycles. The van der Waals surface area contributed by atoms with Gasteiger partial charge in [0, 0.05) is 6.20 Å². The largest absolute Gasteiger partial charge is 0.450 e. The summed E-state index contributed by atoms with van der Waals surface area (Å²) in [4.78, 5) is 15.2. The average Bonchev–Trinajstić information content (AvgIpc) is 2.40. The summed E-state index contributed by atoms with van der Waals surface area (Å²) in [5.41, 5.74) is 6.12. The lowest BCUT2D eigenvalue weighted by Crippen LogP contribution is -2.18. The van der Waals surface area contributed by atoms with Gasteiger partial charge < -0.3 is 10.5 Å². The van der Waals surface area contributed by atoms with Crippen LogP contribution in [-0.2, 0) is 4.79 Å². The average molecular weight is 240 g/mol. The van der Waals surface area contributed by atoms with Crippen molar-refractivity contribution < 1.29 is 9.53 Å². The first-order valence-corrected chi connectivity index (χ1v) is 5.40. The molecular weight excluding hydrogens is 228 g/mol. The molecule has 4 nitrogen and oxygen atoms in total. The molecule has 0 radical (unpaired) electrons. The normalized spacial score (nSPS) is 11.0. The van der Waals surface area contributed by atoms with Crippen LogP contribution in [-0.4, -0.2) is 10.9 Å². The number of ether oxygens (including phenoxy) is 1. The molecule has 2 rings (SSSR count). The van der Waals surface area contributed by atoms with Gasteiger partial charge in [-0.3, -0.25) is 9.78 Å². The molecule has 2 N–H and O–H groups in total. The summed E-state index contributed by atoms with van der Waals surface area (Å²) in [5.74, 6) is -0.0737. The first-order chi connectivity index (χ1) is 8.75. The van der Waals surface area contributed by atoms with Crippen LogP contribution in [0.25, 0.3) is 6.08 Å². The number of pyridine rings is 1. The molecule has 0 aliphatic carbocycles. The molecule has 0 spiro atoms. The van der Waals surface area contributed by atoms with Gasteiger partial charge in [-0.15, -0.1) is 0 Å². The molecular formula is C14H12N2O2. The summed E-state index contributed by atoms with van der Waals surface area (Å²) in [7, 11) is 0. The Morgan fingerprint density at radius 3 is 2.56 bits per heavy atom. The number of benzene rings is 1. The minimum Gasteiger partial charge on any atom is -0.450 e. The van der Waals surface area contributed by atoms with Crippen molar-refractivity contribution in [3.63, 3.8) is 0 Å².